The number of hydrogen-bond acceptors (Lipinski definition) is 5. The summed E-state index contributed by atoms with van der Waals surface area (Å²) < 4.78 is 0. The summed E-state index contributed by atoms with van der Waals surface area (Å²) >= 11 is 0. The summed E-state index contributed by atoms with van der Waals surface area (Å²) in [7, 11) is 0. The van der Waals surface area contributed by atoms with Crippen LogP contribution >= 0.6 is 0 Å². The lowest BCUT2D eigenvalue weighted by Gasteiger charge is -2.47. The van der Waals surface area contributed by atoms with Gasteiger partial charge in [0.1, 0.15) is 6.29 Å². The molecule has 4 rings (SSSR count). The number of nitrogens with one attached hydrogen (secondary N) is 4. The molecule has 3 aliphatic heterocycles. The van der Waals surface area contributed by atoms with E-state index in [0.717, 1.165) is 30.6 Å². The van der Waals surface area contributed by atoms with Crippen molar-refractivity contribution in [1.82, 2.24) is 20.9 Å². The van der Waals surface area contributed by atoms with E-state index in [9.17, 15) is 14.4 Å². The van der Waals surface area contributed by atoms with Crippen molar-refractivity contribution < 1.29 is 14.4 Å². The van der Waals surface area contributed by atoms with Crippen molar-refractivity contribution >= 4 is 23.4 Å². The molecule has 0 spiro atoms. The maximum Gasteiger partial charge on any atom is 0.229 e. The number of benzene rings is 1. The summed E-state index contributed by atoms with van der Waals surface area (Å²) in [6.45, 7) is 7.92. The molecule has 5 atom stereocenters. The van der Waals surface area contributed by atoms with Crippen molar-refractivity contribution in [1.29, 1.82) is 0 Å². The van der Waals surface area contributed by atoms with Crippen molar-refractivity contribution in [3.05, 3.63) is 29.3 Å². The summed E-state index contributed by atoms with van der Waals surface area (Å²) in [4.78, 5) is 40.6. The van der Waals surface area contributed by atoms with Gasteiger partial charge in [-0.1, -0.05) is 13.0 Å². The molecule has 8 heteroatoms. The summed E-state index contributed by atoms with van der Waals surface area (Å²) in [5.41, 5.74) is 2.77. The molecule has 1 aromatic rings. The number of nitrogens with zero attached hydrogens (tertiary/aromatic N) is 1. The van der Waals surface area contributed by atoms with Gasteiger partial charge in [-0.25, -0.2) is 0 Å². The fourth-order valence-electron chi connectivity index (χ4n) is 5.00. The predicted octanol–water partition coefficient (Wildman–Crippen LogP) is 1.06. The number of anilines is 1. The van der Waals surface area contributed by atoms with Crippen LogP contribution in [0.2, 0.25) is 0 Å². The van der Waals surface area contributed by atoms with E-state index in [1.807, 2.05) is 32.0 Å². The van der Waals surface area contributed by atoms with Crippen LogP contribution in [-0.2, 0) is 14.4 Å². The minimum Gasteiger partial charge on any atom is -0.340 e. The van der Waals surface area contributed by atoms with Crippen molar-refractivity contribution in [2.75, 3.05) is 18.4 Å². The predicted molar refractivity (Wildman–Crippen MR) is 113 cm³/mol. The Hall–Kier alpha value is -2.45. The molecule has 0 aromatic heterocycles. The van der Waals surface area contributed by atoms with Crippen LogP contribution in [0, 0.1) is 31.6 Å². The highest BCUT2D eigenvalue weighted by atomic mass is 16.2. The normalized spacial score (nSPS) is 32.0. The van der Waals surface area contributed by atoms with Gasteiger partial charge in [-0.15, -0.1) is 0 Å². The van der Waals surface area contributed by atoms with Gasteiger partial charge >= 0.3 is 0 Å². The third kappa shape index (κ3) is 4.34. The highest BCUT2D eigenvalue weighted by Crippen LogP contribution is 2.29. The van der Waals surface area contributed by atoms with Gasteiger partial charge in [0.15, 0.2) is 0 Å². The average molecular weight is 414 g/mol. The first-order valence-corrected chi connectivity index (χ1v) is 10.8. The number of hydrogen-bond donors (Lipinski definition) is 4. The van der Waals surface area contributed by atoms with E-state index in [2.05, 4.69) is 33.1 Å². The average Bonchev–Trinajstić information content (AvgIpc) is 2.66. The van der Waals surface area contributed by atoms with E-state index < -0.39 is 18.0 Å². The Bertz CT molecular complexity index is 837. The standard InChI is InChI=1S/C22H31N5O3/c1-12-5-4-6-27(11-12)22-25-19-18(21(30)26-22)16(10-17(28)24-19)20(29)23-15-8-13(2)7-14(3)9-15/h7-9,12,16,18-19,22,25H,4-6,10-11H2,1-3H3,(H,23,29)(H,24,28)(H,26,30). The van der Waals surface area contributed by atoms with Gasteiger partial charge in [0.25, 0.3) is 0 Å². The number of rotatable bonds is 3. The first-order valence-electron chi connectivity index (χ1n) is 10.8. The molecule has 162 valence electrons. The molecule has 0 saturated carbocycles. The summed E-state index contributed by atoms with van der Waals surface area (Å²) in [6.07, 6.45) is 1.37. The van der Waals surface area contributed by atoms with E-state index in [1.54, 1.807) is 0 Å². The molecule has 0 aliphatic carbocycles. The lowest BCUT2D eigenvalue weighted by atomic mass is 9.81. The summed E-state index contributed by atoms with van der Waals surface area (Å²) in [5.74, 6) is -1.52. The zero-order chi connectivity index (χ0) is 21.4. The molecule has 3 amide bonds. The topological polar surface area (TPSA) is 103 Å². The van der Waals surface area contributed by atoms with Gasteiger partial charge in [0.05, 0.1) is 18.0 Å². The fraction of sp³-hybridized carbons (Fsp3) is 0.591. The molecule has 3 fully saturated rings. The van der Waals surface area contributed by atoms with Crippen molar-refractivity contribution in [3.8, 4) is 0 Å². The first-order chi connectivity index (χ1) is 14.3. The maximum atomic E-state index is 13.1. The largest absolute Gasteiger partial charge is 0.340 e. The van der Waals surface area contributed by atoms with Crippen LogP contribution in [0.25, 0.3) is 0 Å². The van der Waals surface area contributed by atoms with Crippen molar-refractivity contribution in [3.63, 3.8) is 0 Å². The highest BCUT2D eigenvalue weighted by molar-refractivity contribution is 6.00. The number of likely N-dealkylation sites (tertiary alicyclic amines) is 1. The Morgan fingerprint density at radius 2 is 1.87 bits per heavy atom. The van der Waals surface area contributed by atoms with Crippen LogP contribution in [0.5, 0.6) is 0 Å². The number of amides is 3. The first kappa shape index (κ1) is 20.8. The molecule has 30 heavy (non-hydrogen) atoms. The van der Waals surface area contributed by atoms with E-state index in [1.165, 1.54) is 6.42 Å². The SMILES string of the molecule is Cc1cc(C)cc(NC(=O)C2CC(=O)NC3NC(N4CCCC(C)C4)NC(=O)C32)c1. The number of carbonyl (C=O) groups is 3. The Kier molecular flexibility index (Phi) is 5.79. The van der Waals surface area contributed by atoms with Gasteiger partial charge in [0, 0.05) is 25.2 Å². The minimum atomic E-state index is -0.724. The lowest BCUT2D eigenvalue weighted by Crippen LogP contribution is -2.74. The van der Waals surface area contributed by atoms with Crippen LogP contribution in [-0.4, -0.2) is 48.2 Å². The maximum absolute atomic E-state index is 13.1. The molecule has 1 aromatic carbocycles. The second-order valence-electron chi connectivity index (χ2n) is 9.07. The van der Waals surface area contributed by atoms with Gasteiger partial charge in [-0.2, -0.15) is 0 Å². The third-order valence-corrected chi connectivity index (χ3v) is 6.31. The number of carbonyl (C=O) groups excluding carboxylic acids is 3. The summed E-state index contributed by atoms with van der Waals surface area (Å²) in [5, 5.41) is 12.2. The van der Waals surface area contributed by atoms with Crippen molar-refractivity contribution in [2.45, 2.75) is 52.5 Å². The highest BCUT2D eigenvalue weighted by Gasteiger charge is 2.49. The smallest absolute Gasteiger partial charge is 0.229 e. The number of piperidine rings is 2. The zero-order valence-electron chi connectivity index (χ0n) is 17.8. The Labute approximate surface area is 177 Å². The molecule has 3 saturated heterocycles. The van der Waals surface area contributed by atoms with E-state index in [4.69, 9.17) is 0 Å². The Balaban J connectivity index is 1.49. The quantitative estimate of drug-likeness (QED) is 0.593. The fourth-order valence-corrected chi connectivity index (χ4v) is 5.00. The van der Waals surface area contributed by atoms with Crippen LogP contribution in [0.15, 0.2) is 18.2 Å². The second-order valence-corrected chi connectivity index (χ2v) is 9.07. The number of aryl methyl sites for hydroxylation is 2. The van der Waals surface area contributed by atoms with Gasteiger partial charge in [0.2, 0.25) is 17.7 Å². The van der Waals surface area contributed by atoms with E-state index in [-0.39, 0.29) is 30.4 Å². The molecule has 4 N–H and O–H groups in total. The zero-order valence-corrected chi connectivity index (χ0v) is 17.8. The van der Waals surface area contributed by atoms with Crippen LogP contribution in [0.1, 0.15) is 37.3 Å². The van der Waals surface area contributed by atoms with E-state index in [0.29, 0.717) is 11.6 Å². The molecule has 0 bridgehead atoms. The van der Waals surface area contributed by atoms with Crippen molar-refractivity contribution in [2.24, 2.45) is 17.8 Å². The van der Waals surface area contributed by atoms with Crippen LogP contribution in [0.4, 0.5) is 5.69 Å². The summed E-state index contributed by atoms with van der Waals surface area (Å²) in [6, 6.07) is 5.80. The monoisotopic (exact) mass is 413 g/mol. The Morgan fingerprint density at radius 1 is 1.13 bits per heavy atom. The second kappa shape index (κ2) is 8.35. The molecule has 3 aliphatic rings. The van der Waals surface area contributed by atoms with Crippen LogP contribution in [0.3, 0.4) is 0 Å². The van der Waals surface area contributed by atoms with Crippen LogP contribution < -0.4 is 21.3 Å². The van der Waals surface area contributed by atoms with Gasteiger partial charge in [-0.3, -0.25) is 24.6 Å². The molecule has 0 radical (unpaired) electrons. The van der Waals surface area contributed by atoms with E-state index >= 15 is 0 Å². The molecule has 3 heterocycles. The van der Waals surface area contributed by atoms with Gasteiger partial charge in [-0.05, 0) is 55.9 Å². The number of fused-ring (bicyclic) bond motifs is 1. The molecule has 5 unspecified atom stereocenters. The Morgan fingerprint density at radius 3 is 2.57 bits per heavy atom. The third-order valence-electron chi connectivity index (χ3n) is 6.31. The minimum absolute atomic E-state index is 0.00167. The lowest BCUT2D eigenvalue weighted by molar-refractivity contribution is -0.148. The van der Waals surface area contributed by atoms with Gasteiger partial charge < -0.3 is 16.0 Å². The molecule has 8 nitrogen and oxygen atoms in total. The molecular formula is C22H31N5O3. The molecular weight excluding hydrogens is 382 g/mol.